The van der Waals surface area contributed by atoms with E-state index in [1.54, 1.807) is 12.1 Å². The minimum absolute atomic E-state index is 0.107. The Labute approximate surface area is 126 Å². The Bertz CT molecular complexity index is 549. The van der Waals surface area contributed by atoms with E-state index in [9.17, 15) is 4.79 Å². The quantitative estimate of drug-likeness (QED) is 0.668. The first-order valence-corrected chi connectivity index (χ1v) is 7.33. The summed E-state index contributed by atoms with van der Waals surface area (Å²) in [5.74, 6) is 6.23. The van der Waals surface area contributed by atoms with Gasteiger partial charge in [0.25, 0.3) is 5.91 Å². The highest BCUT2D eigenvalue weighted by Gasteiger charge is 2.16. The van der Waals surface area contributed by atoms with Gasteiger partial charge in [0.2, 0.25) is 0 Å². The van der Waals surface area contributed by atoms with Crippen molar-refractivity contribution in [2.24, 2.45) is 0 Å². The molecule has 0 saturated carbocycles. The van der Waals surface area contributed by atoms with Gasteiger partial charge in [0.15, 0.2) is 5.76 Å². The standard InChI is InChI=1S/C17H22N2O2/c1-3-4-9-19-10-7-15(8-11-19)13-14(2)18-17(20)16-6-5-12-21-16/h5-7,12,14H,8-11,13H2,1-2H3,(H,18,20)/t14-/m1/s1. The van der Waals surface area contributed by atoms with Gasteiger partial charge in [-0.25, -0.2) is 0 Å². The van der Waals surface area contributed by atoms with Crippen LogP contribution in [0.4, 0.5) is 0 Å². The molecule has 1 aliphatic heterocycles. The molecule has 0 saturated heterocycles. The smallest absolute Gasteiger partial charge is 0.287 e. The predicted octanol–water partition coefficient (Wildman–Crippen LogP) is 2.44. The molecule has 1 aromatic heterocycles. The lowest BCUT2D eigenvalue weighted by Gasteiger charge is -2.25. The van der Waals surface area contributed by atoms with E-state index in [1.165, 1.54) is 11.8 Å². The summed E-state index contributed by atoms with van der Waals surface area (Å²) in [5, 5.41) is 2.97. The van der Waals surface area contributed by atoms with Crippen molar-refractivity contribution < 1.29 is 9.21 Å². The molecule has 1 aromatic rings. The van der Waals surface area contributed by atoms with Crippen molar-refractivity contribution >= 4 is 5.91 Å². The Morgan fingerprint density at radius 3 is 3.05 bits per heavy atom. The summed E-state index contributed by atoms with van der Waals surface area (Å²) in [6.45, 7) is 6.72. The molecule has 0 fully saturated rings. The minimum atomic E-state index is -0.149. The van der Waals surface area contributed by atoms with Crippen LogP contribution in [0.5, 0.6) is 0 Å². The van der Waals surface area contributed by atoms with Gasteiger partial charge < -0.3 is 9.73 Å². The first-order valence-electron chi connectivity index (χ1n) is 7.33. The van der Waals surface area contributed by atoms with Gasteiger partial charge in [-0.2, -0.15) is 0 Å². The number of hydrogen-bond acceptors (Lipinski definition) is 3. The summed E-state index contributed by atoms with van der Waals surface area (Å²) in [4.78, 5) is 14.2. The normalized spacial score (nSPS) is 16.6. The number of nitrogens with zero attached hydrogens (tertiary/aromatic N) is 1. The first kappa shape index (κ1) is 15.4. The Morgan fingerprint density at radius 2 is 2.43 bits per heavy atom. The molecule has 4 nitrogen and oxygen atoms in total. The van der Waals surface area contributed by atoms with Crippen molar-refractivity contribution in [1.29, 1.82) is 0 Å². The van der Waals surface area contributed by atoms with Crippen molar-refractivity contribution in [2.75, 3.05) is 19.6 Å². The second-order valence-corrected chi connectivity index (χ2v) is 5.33. The summed E-state index contributed by atoms with van der Waals surface area (Å²) in [6.07, 6.45) is 5.71. The third-order valence-electron chi connectivity index (χ3n) is 3.56. The fourth-order valence-corrected chi connectivity index (χ4v) is 2.42. The van der Waals surface area contributed by atoms with Crippen LogP contribution in [-0.2, 0) is 0 Å². The van der Waals surface area contributed by atoms with Crippen LogP contribution in [0.25, 0.3) is 0 Å². The lowest BCUT2D eigenvalue weighted by atomic mass is 10.0. The number of carbonyl (C=O) groups is 1. The minimum Gasteiger partial charge on any atom is -0.459 e. The number of rotatable bonds is 5. The van der Waals surface area contributed by atoms with Gasteiger partial charge in [-0.1, -0.05) is 17.6 Å². The molecule has 0 aliphatic carbocycles. The molecule has 0 spiro atoms. The average molecular weight is 286 g/mol. The van der Waals surface area contributed by atoms with Crippen LogP contribution in [0, 0.1) is 11.8 Å². The molecule has 0 aromatic carbocycles. The zero-order chi connectivity index (χ0) is 15.1. The second-order valence-electron chi connectivity index (χ2n) is 5.33. The summed E-state index contributed by atoms with van der Waals surface area (Å²) in [5.41, 5.74) is 1.41. The SMILES string of the molecule is CC#CCN1CC=C(C[C@@H](C)NC(=O)c2ccco2)CC1. The molecule has 0 bridgehead atoms. The molecule has 2 heterocycles. The van der Waals surface area contributed by atoms with Crippen LogP contribution in [0.3, 0.4) is 0 Å². The van der Waals surface area contributed by atoms with Gasteiger partial charge in [0, 0.05) is 19.1 Å². The van der Waals surface area contributed by atoms with Gasteiger partial charge >= 0.3 is 0 Å². The Morgan fingerprint density at radius 1 is 1.57 bits per heavy atom. The topological polar surface area (TPSA) is 45.5 Å². The zero-order valence-corrected chi connectivity index (χ0v) is 12.7. The maximum Gasteiger partial charge on any atom is 0.287 e. The highest BCUT2D eigenvalue weighted by Crippen LogP contribution is 2.16. The predicted molar refractivity (Wildman–Crippen MR) is 82.8 cm³/mol. The van der Waals surface area contributed by atoms with Crippen LogP contribution in [0.15, 0.2) is 34.5 Å². The number of furan rings is 1. The van der Waals surface area contributed by atoms with E-state index in [4.69, 9.17) is 4.42 Å². The third kappa shape index (κ3) is 4.80. The number of hydrogen-bond donors (Lipinski definition) is 1. The fraction of sp³-hybridized carbons (Fsp3) is 0.471. The van der Waals surface area contributed by atoms with Crippen LogP contribution in [0.2, 0.25) is 0 Å². The summed E-state index contributed by atoms with van der Waals surface area (Å²) < 4.78 is 5.09. The number of amides is 1. The second kappa shape index (κ2) is 7.70. The fourth-order valence-electron chi connectivity index (χ4n) is 2.42. The van der Waals surface area contributed by atoms with Gasteiger partial charge in [0.1, 0.15) is 0 Å². The van der Waals surface area contributed by atoms with Crippen molar-refractivity contribution in [1.82, 2.24) is 10.2 Å². The van der Waals surface area contributed by atoms with E-state index in [0.717, 1.165) is 32.5 Å². The van der Waals surface area contributed by atoms with Gasteiger partial charge in [-0.15, -0.1) is 5.92 Å². The van der Waals surface area contributed by atoms with Crippen LogP contribution in [-0.4, -0.2) is 36.5 Å². The maximum atomic E-state index is 11.9. The summed E-state index contributed by atoms with van der Waals surface area (Å²) in [7, 11) is 0. The molecule has 1 aliphatic rings. The lowest BCUT2D eigenvalue weighted by molar-refractivity contribution is 0.0912. The molecule has 0 unspecified atom stereocenters. The molecule has 0 radical (unpaired) electrons. The van der Waals surface area contributed by atoms with Crippen molar-refractivity contribution in [3.05, 3.63) is 35.8 Å². The van der Waals surface area contributed by atoms with E-state index in [0.29, 0.717) is 5.76 Å². The van der Waals surface area contributed by atoms with Crippen molar-refractivity contribution in [3.63, 3.8) is 0 Å². The Balaban J connectivity index is 1.78. The Hall–Kier alpha value is -1.99. The van der Waals surface area contributed by atoms with E-state index in [1.807, 2.05) is 13.8 Å². The van der Waals surface area contributed by atoms with E-state index >= 15 is 0 Å². The molecule has 112 valence electrons. The van der Waals surface area contributed by atoms with Crippen LogP contribution < -0.4 is 5.32 Å². The third-order valence-corrected chi connectivity index (χ3v) is 3.56. The van der Waals surface area contributed by atoms with Crippen LogP contribution >= 0.6 is 0 Å². The number of carbonyl (C=O) groups excluding carboxylic acids is 1. The zero-order valence-electron chi connectivity index (χ0n) is 12.7. The molecule has 4 heteroatoms. The van der Waals surface area contributed by atoms with Gasteiger partial charge in [-0.3, -0.25) is 9.69 Å². The first-order chi connectivity index (χ1) is 10.2. The Kier molecular flexibility index (Phi) is 5.65. The monoisotopic (exact) mass is 286 g/mol. The van der Waals surface area contributed by atoms with E-state index in [-0.39, 0.29) is 11.9 Å². The van der Waals surface area contributed by atoms with E-state index < -0.39 is 0 Å². The average Bonchev–Trinajstić information content (AvgIpc) is 3.01. The number of nitrogens with one attached hydrogen (secondary N) is 1. The molecular formula is C17H22N2O2. The molecule has 21 heavy (non-hydrogen) atoms. The van der Waals surface area contributed by atoms with Crippen molar-refractivity contribution in [2.45, 2.75) is 32.7 Å². The highest BCUT2D eigenvalue weighted by molar-refractivity contribution is 5.91. The van der Waals surface area contributed by atoms with Gasteiger partial charge in [-0.05, 0) is 38.8 Å². The summed E-state index contributed by atoms with van der Waals surface area (Å²) in [6, 6.07) is 3.50. The largest absolute Gasteiger partial charge is 0.459 e. The summed E-state index contributed by atoms with van der Waals surface area (Å²) >= 11 is 0. The van der Waals surface area contributed by atoms with Crippen LogP contribution in [0.1, 0.15) is 37.2 Å². The maximum absolute atomic E-state index is 11.9. The van der Waals surface area contributed by atoms with Crippen molar-refractivity contribution in [3.8, 4) is 11.8 Å². The molecule has 1 amide bonds. The van der Waals surface area contributed by atoms with Gasteiger partial charge in [0.05, 0.1) is 12.8 Å². The lowest BCUT2D eigenvalue weighted by Crippen LogP contribution is -2.34. The molecular weight excluding hydrogens is 264 g/mol. The molecule has 1 atom stereocenters. The molecule has 1 N–H and O–H groups in total. The highest BCUT2D eigenvalue weighted by atomic mass is 16.3. The molecule has 2 rings (SSSR count). The van der Waals surface area contributed by atoms with E-state index in [2.05, 4.69) is 28.1 Å².